The second-order valence-electron chi connectivity index (χ2n) is 5.32. The highest BCUT2D eigenvalue weighted by atomic mass is 79.9. The second kappa shape index (κ2) is 7.63. The van der Waals surface area contributed by atoms with Crippen molar-refractivity contribution >= 4 is 39.3 Å². The summed E-state index contributed by atoms with van der Waals surface area (Å²) in [5.74, 6) is 1.08. The van der Waals surface area contributed by atoms with Crippen molar-refractivity contribution in [2.24, 2.45) is 0 Å². The molecule has 1 fully saturated rings. The zero-order valence-corrected chi connectivity index (χ0v) is 14.9. The molecular weight excluding hydrogens is 376 g/mol. The predicted molar refractivity (Wildman–Crippen MR) is 95.6 cm³/mol. The van der Waals surface area contributed by atoms with Crippen molar-refractivity contribution in [1.82, 2.24) is 15.2 Å². The van der Waals surface area contributed by atoms with Gasteiger partial charge in [0.1, 0.15) is 11.6 Å². The number of nitrogens with zero attached hydrogens (tertiary/aromatic N) is 3. The fraction of sp³-hybridized carbons (Fsp3) is 0.400. The molecule has 0 aromatic carbocycles. The molecule has 128 valence electrons. The summed E-state index contributed by atoms with van der Waals surface area (Å²) in [5.41, 5.74) is 1.93. The molecule has 3 heterocycles. The first-order valence-corrected chi connectivity index (χ1v) is 8.55. The SMILES string of the molecule is CCc1cn[nH]c1NC(=O)Nc1cc(N2CCOCC2)c(Br)cn1. The van der Waals surface area contributed by atoms with Crippen LogP contribution in [0.4, 0.5) is 22.1 Å². The number of hydrogen-bond donors (Lipinski definition) is 3. The van der Waals surface area contributed by atoms with E-state index in [0.29, 0.717) is 24.8 Å². The third-order valence-corrected chi connectivity index (χ3v) is 4.38. The molecule has 0 aliphatic carbocycles. The highest BCUT2D eigenvalue weighted by molar-refractivity contribution is 9.10. The number of morpholine rings is 1. The molecule has 1 aliphatic rings. The van der Waals surface area contributed by atoms with Crippen LogP contribution >= 0.6 is 15.9 Å². The highest BCUT2D eigenvalue weighted by Crippen LogP contribution is 2.28. The lowest BCUT2D eigenvalue weighted by Crippen LogP contribution is -2.36. The number of anilines is 3. The Morgan fingerprint density at radius 2 is 2.17 bits per heavy atom. The molecular formula is C15H19BrN6O2. The fourth-order valence-electron chi connectivity index (χ4n) is 2.49. The molecule has 0 atom stereocenters. The molecule has 1 saturated heterocycles. The average molecular weight is 395 g/mol. The van der Waals surface area contributed by atoms with Gasteiger partial charge in [0, 0.05) is 30.9 Å². The summed E-state index contributed by atoms with van der Waals surface area (Å²) in [5, 5.41) is 12.2. The van der Waals surface area contributed by atoms with Gasteiger partial charge in [0.25, 0.3) is 0 Å². The van der Waals surface area contributed by atoms with E-state index in [-0.39, 0.29) is 6.03 Å². The number of ether oxygens (including phenoxy) is 1. The number of aromatic amines is 1. The summed E-state index contributed by atoms with van der Waals surface area (Å²) in [4.78, 5) is 18.6. The molecule has 0 radical (unpaired) electrons. The van der Waals surface area contributed by atoms with Crippen molar-refractivity contribution in [1.29, 1.82) is 0 Å². The van der Waals surface area contributed by atoms with E-state index in [9.17, 15) is 4.79 Å². The number of H-pyrrole nitrogens is 1. The first-order chi connectivity index (χ1) is 11.7. The fourth-order valence-corrected chi connectivity index (χ4v) is 2.96. The maximum absolute atomic E-state index is 12.2. The summed E-state index contributed by atoms with van der Waals surface area (Å²) in [7, 11) is 0. The van der Waals surface area contributed by atoms with E-state index in [2.05, 4.69) is 46.6 Å². The van der Waals surface area contributed by atoms with E-state index < -0.39 is 0 Å². The molecule has 0 saturated carbocycles. The van der Waals surface area contributed by atoms with Crippen molar-refractivity contribution in [3.8, 4) is 0 Å². The number of rotatable bonds is 4. The lowest BCUT2D eigenvalue weighted by atomic mass is 10.2. The van der Waals surface area contributed by atoms with Gasteiger partial charge in [-0.25, -0.2) is 9.78 Å². The number of carbonyl (C=O) groups excluding carboxylic acids is 1. The number of urea groups is 1. The molecule has 3 N–H and O–H groups in total. The van der Waals surface area contributed by atoms with Crippen LogP contribution in [0.1, 0.15) is 12.5 Å². The number of hydrogen-bond acceptors (Lipinski definition) is 5. The van der Waals surface area contributed by atoms with Gasteiger partial charge in [-0.15, -0.1) is 0 Å². The van der Waals surface area contributed by atoms with E-state index in [1.165, 1.54) is 0 Å². The summed E-state index contributed by atoms with van der Waals surface area (Å²) in [6.45, 7) is 5.00. The minimum atomic E-state index is -0.364. The maximum atomic E-state index is 12.2. The van der Waals surface area contributed by atoms with Crippen LogP contribution in [0.25, 0.3) is 0 Å². The zero-order valence-electron chi connectivity index (χ0n) is 13.3. The van der Waals surface area contributed by atoms with Crippen LogP contribution in [-0.2, 0) is 11.2 Å². The number of carbonyl (C=O) groups is 1. The lowest BCUT2D eigenvalue weighted by Gasteiger charge is -2.29. The Morgan fingerprint density at radius 3 is 2.92 bits per heavy atom. The number of nitrogens with one attached hydrogen (secondary N) is 3. The van der Waals surface area contributed by atoms with Gasteiger partial charge < -0.3 is 9.64 Å². The number of halogens is 1. The molecule has 2 aromatic heterocycles. The van der Waals surface area contributed by atoms with E-state index in [1.54, 1.807) is 12.4 Å². The predicted octanol–water partition coefficient (Wildman–Crippen LogP) is 2.61. The third kappa shape index (κ3) is 3.85. The average Bonchev–Trinajstić information content (AvgIpc) is 3.04. The van der Waals surface area contributed by atoms with Crippen LogP contribution in [0, 0.1) is 0 Å². The first-order valence-electron chi connectivity index (χ1n) is 7.76. The van der Waals surface area contributed by atoms with Gasteiger partial charge in [0.2, 0.25) is 0 Å². The summed E-state index contributed by atoms with van der Waals surface area (Å²) < 4.78 is 6.26. The molecule has 0 bridgehead atoms. The lowest BCUT2D eigenvalue weighted by molar-refractivity contribution is 0.122. The molecule has 0 spiro atoms. The van der Waals surface area contributed by atoms with Crippen LogP contribution in [0.2, 0.25) is 0 Å². The van der Waals surface area contributed by atoms with Crippen molar-refractivity contribution in [2.45, 2.75) is 13.3 Å². The topological polar surface area (TPSA) is 95.2 Å². The number of pyridine rings is 1. The van der Waals surface area contributed by atoms with Gasteiger partial charge >= 0.3 is 6.03 Å². The molecule has 2 amide bonds. The molecule has 2 aromatic rings. The Bertz CT molecular complexity index is 714. The van der Waals surface area contributed by atoms with Crippen molar-refractivity contribution in [2.75, 3.05) is 41.8 Å². The second-order valence-corrected chi connectivity index (χ2v) is 6.18. The Kier molecular flexibility index (Phi) is 5.31. The van der Waals surface area contributed by atoms with Crippen LogP contribution in [0.5, 0.6) is 0 Å². The van der Waals surface area contributed by atoms with Crippen LogP contribution in [0.3, 0.4) is 0 Å². The first kappa shape index (κ1) is 16.7. The van der Waals surface area contributed by atoms with Crippen LogP contribution in [0.15, 0.2) is 22.9 Å². The molecule has 24 heavy (non-hydrogen) atoms. The van der Waals surface area contributed by atoms with Crippen molar-refractivity contribution < 1.29 is 9.53 Å². The molecule has 9 heteroatoms. The number of amides is 2. The Labute approximate surface area is 148 Å². The van der Waals surface area contributed by atoms with Crippen LogP contribution in [-0.4, -0.2) is 47.5 Å². The van der Waals surface area contributed by atoms with Crippen molar-refractivity contribution in [3.05, 3.63) is 28.5 Å². The van der Waals surface area contributed by atoms with E-state index in [1.807, 2.05) is 13.0 Å². The Hall–Kier alpha value is -2.13. The van der Waals surface area contributed by atoms with Gasteiger partial charge in [-0.3, -0.25) is 15.7 Å². The summed E-state index contributed by atoms with van der Waals surface area (Å²) in [6.07, 6.45) is 4.17. The summed E-state index contributed by atoms with van der Waals surface area (Å²) >= 11 is 3.51. The largest absolute Gasteiger partial charge is 0.378 e. The minimum Gasteiger partial charge on any atom is -0.378 e. The quantitative estimate of drug-likeness (QED) is 0.740. The molecule has 0 unspecified atom stereocenters. The number of aryl methyl sites for hydroxylation is 1. The van der Waals surface area contributed by atoms with Gasteiger partial charge in [0.05, 0.1) is 29.6 Å². The van der Waals surface area contributed by atoms with Crippen LogP contribution < -0.4 is 15.5 Å². The maximum Gasteiger partial charge on any atom is 0.326 e. The standard InChI is InChI=1S/C15H19BrN6O2/c1-2-10-8-18-21-14(10)20-15(23)19-13-7-12(11(16)9-17-13)22-3-5-24-6-4-22/h7-9H,2-6H2,1H3,(H3,17,18,19,20,21,23). The molecule has 3 rings (SSSR count). The summed E-state index contributed by atoms with van der Waals surface area (Å²) in [6, 6.07) is 1.49. The van der Waals surface area contributed by atoms with E-state index >= 15 is 0 Å². The Balaban J connectivity index is 1.69. The molecule has 8 nitrogen and oxygen atoms in total. The van der Waals surface area contributed by atoms with E-state index in [0.717, 1.165) is 35.2 Å². The monoisotopic (exact) mass is 394 g/mol. The molecule has 1 aliphatic heterocycles. The highest BCUT2D eigenvalue weighted by Gasteiger charge is 2.16. The van der Waals surface area contributed by atoms with Gasteiger partial charge in [-0.1, -0.05) is 6.92 Å². The smallest absolute Gasteiger partial charge is 0.326 e. The van der Waals surface area contributed by atoms with Gasteiger partial charge in [-0.2, -0.15) is 5.10 Å². The van der Waals surface area contributed by atoms with Crippen molar-refractivity contribution in [3.63, 3.8) is 0 Å². The minimum absolute atomic E-state index is 0.364. The normalized spacial score (nSPS) is 14.5. The van der Waals surface area contributed by atoms with Gasteiger partial charge in [0.15, 0.2) is 0 Å². The van der Waals surface area contributed by atoms with E-state index in [4.69, 9.17) is 4.74 Å². The zero-order chi connectivity index (χ0) is 16.9. The number of aromatic nitrogens is 3. The van der Waals surface area contributed by atoms with Gasteiger partial charge in [-0.05, 0) is 22.4 Å². The third-order valence-electron chi connectivity index (χ3n) is 3.77. The Morgan fingerprint density at radius 1 is 1.38 bits per heavy atom.